The van der Waals surface area contributed by atoms with E-state index >= 15 is 0 Å². The lowest BCUT2D eigenvalue weighted by atomic mass is 10.1. The standard InChI is InChI=1S/C14H21BrN4O2/c1-5-10-13(20)16-9(4)14(21)18(10)7-11-12(15)8(3)17-19(11)6-2/h9-10H,5-7H2,1-4H3,(H,16,20). The Morgan fingerprint density at radius 2 is 2.00 bits per heavy atom. The fourth-order valence-corrected chi connectivity index (χ4v) is 3.10. The lowest BCUT2D eigenvalue weighted by molar-refractivity contribution is -0.149. The van der Waals surface area contributed by atoms with E-state index in [1.807, 2.05) is 25.5 Å². The monoisotopic (exact) mass is 356 g/mol. The van der Waals surface area contributed by atoms with Crippen LogP contribution in [0.1, 0.15) is 38.6 Å². The summed E-state index contributed by atoms with van der Waals surface area (Å²) in [5.41, 5.74) is 1.82. The number of hydrogen-bond acceptors (Lipinski definition) is 3. The molecule has 2 unspecified atom stereocenters. The highest BCUT2D eigenvalue weighted by atomic mass is 79.9. The fourth-order valence-electron chi connectivity index (χ4n) is 2.69. The molecule has 1 aromatic heterocycles. The molecule has 6 nitrogen and oxygen atoms in total. The van der Waals surface area contributed by atoms with Crippen molar-refractivity contribution in [2.24, 2.45) is 0 Å². The zero-order valence-electron chi connectivity index (χ0n) is 12.8. The van der Waals surface area contributed by atoms with Crippen LogP contribution in [0.15, 0.2) is 4.47 Å². The zero-order chi connectivity index (χ0) is 15.7. The van der Waals surface area contributed by atoms with E-state index in [9.17, 15) is 9.59 Å². The average Bonchev–Trinajstić information content (AvgIpc) is 2.72. The summed E-state index contributed by atoms with van der Waals surface area (Å²) in [7, 11) is 0. The van der Waals surface area contributed by atoms with Crippen molar-refractivity contribution < 1.29 is 9.59 Å². The maximum Gasteiger partial charge on any atom is 0.245 e. The fraction of sp³-hybridized carbons (Fsp3) is 0.643. The van der Waals surface area contributed by atoms with Crippen LogP contribution in [0.4, 0.5) is 0 Å². The van der Waals surface area contributed by atoms with Gasteiger partial charge in [-0.15, -0.1) is 0 Å². The summed E-state index contributed by atoms with van der Waals surface area (Å²) in [6, 6.07) is -0.890. The minimum Gasteiger partial charge on any atom is -0.343 e. The van der Waals surface area contributed by atoms with Gasteiger partial charge in [0.25, 0.3) is 0 Å². The number of aryl methyl sites for hydroxylation is 2. The molecule has 21 heavy (non-hydrogen) atoms. The highest BCUT2D eigenvalue weighted by Crippen LogP contribution is 2.25. The van der Waals surface area contributed by atoms with Gasteiger partial charge in [-0.25, -0.2) is 0 Å². The van der Waals surface area contributed by atoms with Gasteiger partial charge in [0.1, 0.15) is 12.1 Å². The number of nitrogens with zero attached hydrogens (tertiary/aromatic N) is 3. The summed E-state index contributed by atoms with van der Waals surface area (Å²) in [6.45, 7) is 8.68. The summed E-state index contributed by atoms with van der Waals surface area (Å²) in [5, 5.41) is 7.17. The van der Waals surface area contributed by atoms with Crippen molar-refractivity contribution in [3.05, 3.63) is 15.9 Å². The first kappa shape index (κ1) is 16.0. The molecule has 0 radical (unpaired) electrons. The molecule has 1 aromatic rings. The van der Waals surface area contributed by atoms with Gasteiger partial charge in [-0.2, -0.15) is 5.10 Å². The molecule has 1 saturated heterocycles. The van der Waals surface area contributed by atoms with Gasteiger partial charge in [-0.3, -0.25) is 14.3 Å². The van der Waals surface area contributed by atoms with Crippen molar-refractivity contribution in [1.82, 2.24) is 20.0 Å². The molecule has 7 heteroatoms. The predicted octanol–water partition coefficient (Wildman–Crippen LogP) is 1.60. The molecule has 1 fully saturated rings. The third kappa shape index (κ3) is 2.84. The number of carbonyl (C=O) groups is 2. The van der Waals surface area contributed by atoms with Gasteiger partial charge in [0.2, 0.25) is 11.8 Å². The molecule has 0 aliphatic carbocycles. The second kappa shape index (κ2) is 6.17. The first-order valence-electron chi connectivity index (χ1n) is 7.23. The number of piperazine rings is 1. The summed E-state index contributed by atoms with van der Waals surface area (Å²) in [5.74, 6) is -0.130. The van der Waals surface area contributed by atoms with Crippen LogP contribution in [-0.2, 0) is 22.7 Å². The summed E-state index contributed by atoms with van der Waals surface area (Å²) >= 11 is 3.54. The summed E-state index contributed by atoms with van der Waals surface area (Å²) in [6.07, 6.45) is 0.598. The van der Waals surface area contributed by atoms with Crippen LogP contribution >= 0.6 is 15.9 Å². The third-order valence-electron chi connectivity index (χ3n) is 3.85. The van der Waals surface area contributed by atoms with Crippen molar-refractivity contribution in [3.8, 4) is 0 Å². The molecule has 2 heterocycles. The summed E-state index contributed by atoms with van der Waals surface area (Å²) < 4.78 is 2.78. The maximum atomic E-state index is 12.4. The first-order valence-corrected chi connectivity index (χ1v) is 8.02. The largest absolute Gasteiger partial charge is 0.343 e. The number of amides is 2. The van der Waals surface area contributed by atoms with Gasteiger partial charge in [0.15, 0.2) is 0 Å². The zero-order valence-corrected chi connectivity index (χ0v) is 14.4. The lowest BCUT2D eigenvalue weighted by Crippen LogP contribution is -2.61. The number of aromatic nitrogens is 2. The Kier molecular flexibility index (Phi) is 4.70. The molecule has 0 bridgehead atoms. The molecule has 0 spiro atoms. The molecular formula is C14H21BrN4O2. The molecule has 2 amide bonds. The normalized spacial score (nSPS) is 22.6. The van der Waals surface area contributed by atoms with Crippen molar-refractivity contribution in [2.45, 2.75) is 59.3 Å². The van der Waals surface area contributed by atoms with E-state index < -0.39 is 12.1 Å². The maximum absolute atomic E-state index is 12.4. The van der Waals surface area contributed by atoms with Gasteiger partial charge >= 0.3 is 0 Å². The number of hydrogen-bond donors (Lipinski definition) is 1. The van der Waals surface area contributed by atoms with Crippen LogP contribution in [0.5, 0.6) is 0 Å². The van der Waals surface area contributed by atoms with Crippen molar-refractivity contribution in [2.75, 3.05) is 0 Å². The third-order valence-corrected chi connectivity index (χ3v) is 4.88. The van der Waals surface area contributed by atoms with Crippen LogP contribution in [0.2, 0.25) is 0 Å². The molecule has 0 saturated carbocycles. The molecule has 116 valence electrons. The minimum atomic E-state index is -0.474. The van der Waals surface area contributed by atoms with Gasteiger partial charge in [0, 0.05) is 6.54 Å². The second-order valence-electron chi connectivity index (χ2n) is 5.28. The number of nitrogens with one attached hydrogen (secondary N) is 1. The van der Waals surface area contributed by atoms with Gasteiger partial charge in [0.05, 0.1) is 22.4 Å². The molecule has 1 aliphatic heterocycles. The van der Waals surface area contributed by atoms with Crippen molar-refractivity contribution >= 4 is 27.7 Å². The summed E-state index contributed by atoms with van der Waals surface area (Å²) in [4.78, 5) is 26.2. The predicted molar refractivity (Wildman–Crippen MR) is 82.6 cm³/mol. The smallest absolute Gasteiger partial charge is 0.245 e. The Balaban J connectivity index is 2.35. The first-order chi connectivity index (χ1) is 9.90. The Labute approximate surface area is 133 Å². The van der Waals surface area contributed by atoms with Gasteiger partial charge in [-0.1, -0.05) is 6.92 Å². The molecular weight excluding hydrogens is 336 g/mol. The van der Waals surface area contributed by atoms with E-state index in [1.54, 1.807) is 11.8 Å². The Morgan fingerprint density at radius 1 is 1.33 bits per heavy atom. The Morgan fingerprint density at radius 3 is 2.57 bits per heavy atom. The lowest BCUT2D eigenvalue weighted by Gasteiger charge is -2.37. The number of carbonyl (C=O) groups excluding carboxylic acids is 2. The van der Waals surface area contributed by atoms with Gasteiger partial charge in [-0.05, 0) is 43.1 Å². The van der Waals surface area contributed by atoms with Crippen LogP contribution in [0.25, 0.3) is 0 Å². The SMILES string of the molecule is CCC1C(=O)NC(C)C(=O)N1Cc1c(Br)c(C)nn1CC. The minimum absolute atomic E-state index is 0.0464. The Bertz CT molecular complexity index is 570. The van der Waals surface area contributed by atoms with Crippen molar-refractivity contribution in [3.63, 3.8) is 0 Å². The molecule has 1 aliphatic rings. The molecule has 2 atom stereocenters. The van der Waals surface area contributed by atoms with E-state index in [1.165, 1.54) is 0 Å². The van der Waals surface area contributed by atoms with Crippen LogP contribution in [0, 0.1) is 6.92 Å². The van der Waals surface area contributed by atoms with Crippen LogP contribution in [0.3, 0.4) is 0 Å². The molecule has 1 N–H and O–H groups in total. The van der Waals surface area contributed by atoms with E-state index in [0.29, 0.717) is 13.0 Å². The van der Waals surface area contributed by atoms with Crippen LogP contribution in [-0.4, -0.2) is 38.6 Å². The number of rotatable bonds is 4. The van der Waals surface area contributed by atoms with Crippen LogP contribution < -0.4 is 5.32 Å². The molecule has 0 aromatic carbocycles. The van der Waals surface area contributed by atoms with Crippen molar-refractivity contribution in [1.29, 1.82) is 0 Å². The van der Waals surface area contributed by atoms with Gasteiger partial charge < -0.3 is 10.2 Å². The quantitative estimate of drug-likeness (QED) is 0.890. The van der Waals surface area contributed by atoms with E-state index in [0.717, 1.165) is 22.4 Å². The van der Waals surface area contributed by atoms with E-state index in [2.05, 4.69) is 26.3 Å². The Hall–Kier alpha value is -1.37. The molecule has 2 rings (SSSR count). The second-order valence-corrected chi connectivity index (χ2v) is 6.08. The van der Waals surface area contributed by atoms with E-state index in [-0.39, 0.29) is 11.8 Å². The average molecular weight is 357 g/mol. The van der Waals surface area contributed by atoms with E-state index in [4.69, 9.17) is 0 Å². The highest BCUT2D eigenvalue weighted by molar-refractivity contribution is 9.10. The highest BCUT2D eigenvalue weighted by Gasteiger charge is 2.38. The number of halogens is 1. The topological polar surface area (TPSA) is 67.2 Å².